The van der Waals surface area contributed by atoms with Crippen LogP contribution in [0.3, 0.4) is 0 Å². The van der Waals surface area contributed by atoms with Gasteiger partial charge in [0, 0.05) is 48.3 Å². The summed E-state index contributed by atoms with van der Waals surface area (Å²) in [7, 11) is 1.67. The fraction of sp³-hybridized carbons (Fsp3) is 0.583. The highest BCUT2D eigenvalue weighted by molar-refractivity contribution is 5.94. The summed E-state index contributed by atoms with van der Waals surface area (Å²) in [4.78, 5) is 42.6. The van der Waals surface area contributed by atoms with E-state index < -0.39 is 12.2 Å². The lowest BCUT2D eigenvalue weighted by atomic mass is 9.79. The third kappa shape index (κ3) is 8.30. The van der Waals surface area contributed by atoms with Crippen molar-refractivity contribution in [3.8, 4) is 17.0 Å². The molecule has 0 saturated heterocycles. The Labute approximate surface area is 276 Å². The second-order valence-electron chi connectivity index (χ2n) is 13.5. The molecule has 11 nitrogen and oxygen atoms in total. The van der Waals surface area contributed by atoms with Gasteiger partial charge >= 0.3 is 6.09 Å². The van der Waals surface area contributed by atoms with Crippen molar-refractivity contribution in [3.05, 3.63) is 54.0 Å². The molecular formula is C36H47N5O6. The standard InChI is InChI=1S/C36H47N5O6/c1-22(42)19-38-36(44)47-29-12-10-27(11-13-29)35(43)41(33-18-28(16-17-37-33)31-21-46-34(40-31)26-8-9-26)20-24-4-6-25(7-5-24)30-14-15-32(45-3)23(2)39-30/h14-18,21-22,24-27,29,42H,4-13,19-20H2,1-3H3,(H,38,44)/t22-,24-,25-,27-,29-/m1/s1. The highest BCUT2D eigenvalue weighted by Crippen LogP contribution is 2.41. The maximum absolute atomic E-state index is 14.3. The number of methoxy groups -OCH3 is 1. The first-order valence-corrected chi connectivity index (χ1v) is 17.1. The average molecular weight is 646 g/mol. The van der Waals surface area contributed by atoms with Crippen molar-refractivity contribution in [1.82, 2.24) is 20.3 Å². The van der Waals surface area contributed by atoms with Gasteiger partial charge in [-0.2, -0.15) is 0 Å². The molecule has 3 aromatic rings. The topological polar surface area (TPSA) is 140 Å². The summed E-state index contributed by atoms with van der Waals surface area (Å²) in [5.74, 6) is 3.25. The molecule has 47 heavy (non-hydrogen) atoms. The highest BCUT2D eigenvalue weighted by Gasteiger charge is 2.35. The molecule has 2 N–H and O–H groups in total. The first-order chi connectivity index (χ1) is 22.8. The minimum Gasteiger partial charge on any atom is -0.495 e. The van der Waals surface area contributed by atoms with Gasteiger partial charge in [-0.25, -0.2) is 14.8 Å². The zero-order valence-corrected chi connectivity index (χ0v) is 27.7. The maximum Gasteiger partial charge on any atom is 0.407 e. The van der Waals surface area contributed by atoms with Crippen molar-refractivity contribution in [2.45, 2.75) is 102 Å². The number of alkyl carbamates (subject to hydrolysis) is 1. The first kappa shape index (κ1) is 32.9. The first-order valence-electron chi connectivity index (χ1n) is 17.1. The SMILES string of the molecule is COc1ccc([C@H]2CC[C@H](CN(c3cc(-c4coc(C5CC5)n4)ccn3)C(=O)[C@H]3CC[C@H](OC(=O)NC[C@@H](C)O)CC3)CC2)nc1C. The summed E-state index contributed by atoms with van der Waals surface area (Å²) < 4.78 is 16.7. The molecule has 0 unspecified atom stereocenters. The molecule has 0 aliphatic heterocycles. The summed E-state index contributed by atoms with van der Waals surface area (Å²) in [6.45, 7) is 4.33. The van der Waals surface area contributed by atoms with Gasteiger partial charge in [0.1, 0.15) is 29.6 Å². The van der Waals surface area contributed by atoms with Crippen molar-refractivity contribution in [1.29, 1.82) is 0 Å². The number of aliphatic hydroxyl groups excluding tert-OH is 1. The number of carbonyl (C=O) groups excluding carboxylic acids is 2. The molecule has 3 fully saturated rings. The molecule has 3 aromatic heterocycles. The number of carbonyl (C=O) groups is 2. The van der Waals surface area contributed by atoms with E-state index in [1.54, 1.807) is 26.5 Å². The minimum atomic E-state index is -0.642. The molecule has 0 spiro atoms. The predicted octanol–water partition coefficient (Wildman–Crippen LogP) is 6.30. The number of hydrogen-bond acceptors (Lipinski definition) is 9. The molecule has 3 saturated carbocycles. The van der Waals surface area contributed by atoms with Crippen molar-refractivity contribution < 1.29 is 28.6 Å². The lowest BCUT2D eigenvalue weighted by Gasteiger charge is -2.35. The molecule has 3 heterocycles. The number of nitrogens with zero attached hydrogens (tertiary/aromatic N) is 4. The summed E-state index contributed by atoms with van der Waals surface area (Å²) in [6.07, 6.45) is 10.8. The van der Waals surface area contributed by atoms with Crippen molar-refractivity contribution in [3.63, 3.8) is 0 Å². The number of aryl methyl sites for hydroxylation is 1. The van der Waals surface area contributed by atoms with Gasteiger partial charge in [-0.3, -0.25) is 14.7 Å². The van der Waals surface area contributed by atoms with Crippen LogP contribution in [0.5, 0.6) is 5.75 Å². The summed E-state index contributed by atoms with van der Waals surface area (Å²) in [5, 5.41) is 12.0. The quantitative estimate of drug-likeness (QED) is 0.246. The molecule has 6 rings (SSSR count). The summed E-state index contributed by atoms with van der Waals surface area (Å²) >= 11 is 0. The van der Waals surface area contributed by atoms with Crippen LogP contribution in [-0.2, 0) is 9.53 Å². The molecule has 0 aromatic carbocycles. The predicted molar refractivity (Wildman–Crippen MR) is 176 cm³/mol. The van der Waals surface area contributed by atoms with Crippen LogP contribution < -0.4 is 15.0 Å². The van der Waals surface area contributed by atoms with Gasteiger partial charge in [0.25, 0.3) is 0 Å². The van der Waals surface area contributed by atoms with Crippen molar-refractivity contribution in [2.75, 3.05) is 25.1 Å². The summed E-state index contributed by atoms with van der Waals surface area (Å²) in [5.41, 5.74) is 3.66. The smallest absolute Gasteiger partial charge is 0.407 e. The van der Waals surface area contributed by atoms with Gasteiger partial charge in [0.05, 0.1) is 18.9 Å². The van der Waals surface area contributed by atoms with Gasteiger partial charge in [0.15, 0.2) is 5.89 Å². The van der Waals surface area contributed by atoms with E-state index >= 15 is 0 Å². The Morgan fingerprint density at radius 1 is 1.02 bits per heavy atom. The monoisotopic (exact) mass is 645 g/mol. The molecular weight excluding hydrogens is 598 g/mol. The number of aliphatic hydroxyl groups is 1. The molecule has 0 bridgehead atoms. The minimum absolute atomic E-state index is 0.0695. The second-order valence-corrected chi connectivity index (χ2v) is 13.5. The molecule has 3 aliphatic carbocycles. The van der Waals surface area contributed by atoms with Gasteiger partial charge in [-0.05, 0) is 108 Å². The zero-order valence-electron chi connectivity index (χ0n) is 27.7. The van der Waals surface area contributed by atoms with Crippen LogP contribution in [0.2, 0.25) is 0 Å². The lowest BCUT2D eigenvalue weighted by Crippen LogP contribution is -2.43. The number of oxazole rings is 1. The normalized spacial score (nSPS) is 23.5. The van der Waals surface area contributed by atoms with Crippen molar-refractivity contribution >= 4 is 17.8 Å². The van der Waals surface area contributed by atoms with Crippen LogP contribution >= 0.6 is 0 Å². The lowest BCUT2D eigenvalue weighted by molar-refractivity contribution is -0.124. The Morgan fingerprint density at radius 3 is 2.45 bits per heavy atom. The number of anilines is 1. The second kappa shape index (κ2) is 14.8. The van der Waals surface area contributed by atoms with E-state index in [4.69, 9.17) is 28.8 Å². The molecule has 252 valence electrons. The van der Waals surface area contributed by atoms with Gasteiger partial charge in [0.2, 0.25) is 5.91 Å². The fourth-order valence-electron chi connectivity index (χ4n) is 6.94. The Morgan fingerprint density at radius 2 is 1.77 bits per heavy atom. The fourth-order valence-corrected chi connectivity index (χ4v) is 6.94. The van der Waals surface area contributed by atoms with Gasteiger partial charge < -0.3 is 24.3 Å². The number of nitrogens with one attached hydrogen (secondary N) is 1. The largest absolute Gasteiger partial charge is 0.495 e. The average Bonchev–Trinajstić information content (AvgIpc) is 3.82. The number of ether oxygens (including phenoxy) is 2. The highest BCUT2D eigenvalue weighted by atomic mass is 16.6. The maximum atomic E-state index is 14.3. The number of hydrogen-bond donors (Lipinski definition) is 2. The molecule has 2 amide bonds. The van der Waals surface area contributed by atoms with E-state index in [2.05, 4.69) is 11.4 Å². The van der Waals surface area contributed by atoms with Crippen molar-refractivity contribution in [2.24, 2.45) is 11.8 Å². The number of amides is 2. The van der Waals surface area contributed by atoms with E-state index in [1.807, 2.05) is 30.0 Å². The van der Waals surface area contributed by atoms with Gasteiger partial charge in [-0.15, -0.1) is 0 Å². The van der Waals surface area contributed by atoms with E-state index in [0.29, 0.717) is 55.8 Å². The van der Waals surface area contributed by atoms with Crippen LogP contribution in [0.25, 0.3) is 11.3 Å². The summed E-state index contributed by atoms with van der Waals surface area (Å²) in [6, 6.07) is 7.97. The third-order valence-electron chi connectivity index (χ3n) is 9.86. The Balaban J connectivity index is 1.14. The molecule has 11 heteroatoms. The number of aromatic nitrogens is 3. The Hall–Kier alpha value is -3.99. The van der Waals surface area contributed by atoms with Crippen LogP contribution in [0.1, 0.15) is 100 Å². The van der Waals surface area contributed by atoms with Crippen LogP contribution in [-0.4, -0.2) is 64.5 Å². The van der Waals surface area contributed by atoms with E-state index in [-0.39, 0.29) is 24.5 Å². The molecule has 1 atom stereocenters. The van der Waals surface area contributed by atoms with Crippen LogP contribution in [0.15, 0.2) is 41.1 Å². The van der Waals surface area contributed by atoms with E-state index in [0.717, 1.165) is 72.8 Å². The van der Waals surface area contributed by atoms with E-state index in [9.17, 15) is 14.7 Å². The van der Waals surface area contributed by atoms with Crippen LogP contribution in [0, 0.1) is 18.8 Å². The molecule has 3 aliphatic rings. The Bertz CT molecular complexity index is 1520. The number of rotatable bonds is 11. The third-order valence-corrected chi connectivity index (χ3v) is 9.86. The number of pyridine rings is 2. The van der Waals surface area contributed by atoms with Crippen LogP contribution in [0.4, 0.5) is 10.6 Å². The molecule has 0 radical (unpaired) electrons. The van der Waals surface area contributed by atoms with E-state index in [1.165, 1.54) is 0 Å². The zero-order chi connectivity index (χ0) is 32.9. The van der Waals surface area contributed by atoms with Gasteiger partial charge in [-0.1, -0.05) is 0 Å². The Kier molecular flexibility index (Phi) is 10.4.